The summed E-state index contributed by atoms with van der Waals surface area (Å²) in [6, 6.07) is 4.95. The molecule has 2 heterocycles. The molecule has 3 rings (SSSR count). The molecule has 2 fully saturated rings. The monoisotopic (exact) mass is 245 g/mol. The van der Waals surface area contributed by atoms with Gasteiger partial charge in [0.25, 0.3) is 0 Å². The van der Waals surface area contributed by atoms with Gasteiger partial charge >= 0.3 is 0 Å². The highest BCUT2D eigenvalue weighted by Crippen LogP contribution is 2.26. The van der Waals surface area contributed by atoms with Crippen molar-refractivity contribution in [2.24, 2.45) is 0 Å². The number of amides is 1. The Morgan fingerprint density at radius 3 is 2.89 bits per heavy atom. The van der Waals surface area contributed by atoms with Crippen molar-refractivity contribution in [3.05, 3.63) is 30.1 Å². The Hall–Kier alpha value is -1.42. The molecule has 1 saturated carbocycles. The number of hydrogen-bond donors (Lipinski definition) is 1. The van der Waals surface area contributed by atoms with E-state index in [2.05, 4.69) is 15.2 Å². The first kappa shape index (κ1) is 11.7. The summed E-state index contributed by atoms with van der Waals surface area (Å²) in [6.07, 6.45) is 8.49. The second-order valence-corrected chi connectivity index (χ2v) is 5.29. The summed E-state index contributed by atoms with van der Waals surface area (Å²) < 4.78 is 0. The number of piperazine rings is 1. The van der Waals surface area contributed by atoms with Gasteiger partial charge in [0.15, 0.2) is 0 Å². The summed E-state index contributed by atoms with van der Waals surface area (Å²) in [5.41, 5.74) is 1.24. The Morgan fingerprint density at radius 1 is 1.28 bits per heavy atom. The molecular formula is C14H19N3O. The molecule has 1 amide bonds. The minimum atomic E-state index is 0.173. The van der Waals surface area contributed by atoms with Gasteiger partial charge in [0, 0.05) is 31.0 Å². The number of carbonyl (C=O) groups excluding carboxylic acids is 1. The summed E-state index contributed by atoms with van der Waals surface area (Å²) in [5.74, 6) is 0.173. The first-order chi connectivity index (χ1) is 8.83. The predicted molar refractivity (Wildman–Crippen MR) is 68.8 cm³/mol. The maximum absolute atomic E-state index is 11.8. The van der Waals surface area contributed by atoms with Crippen LogP contribution in [-0.2, 0) is 11.3 Å². The molecule has 96 valence electrons. The second-order valence-electron chi connectivity index (χ2n) is 5.29. The Morgan fingerprint density at radius 2 is 2.06 bits per heavy atom. The molecule has 1 saturated heterocycles. The molecule has 1 aliphatic heterocycles. The summed E-state index contributed by atoms with van der Waals surface area (Å²) in [5, 5.41) is 3.14. The van der Waals surface area contributed by atoms with Crippen LogP contribution in [0.25, 0.3) is 0 Å². The number of aromatic nitrogens is 1. The van der Waals surface area contributed by atoms with E-state index < -0.39 is 0 Å². The number of rotatable bonds is 2. The maximum atomic E-state index is 11.8. The number of nitrogens with one attached hydrogen (secondary N) is 1. The summed E-state index contributed by atoms with van der Waals surface area (Å²) in [6.45, 7) is 1.39. The Bertz CT molecular complexity index is 420. The molecule has 1 N–H and O–H groups in total. The third kappa shape index (κ3) is 2.38. The van der Waals surface area contributed by atoms with Gasteiger partial charge in [-0.1, -0.05) is 12.8 Å². The van der Waals surface area contributed by atoms with Crippen LogP contribution < -0.4 is 5.32 Å². The zero-order chi connectivity index (χ0) is 12.4. The van der Waals surface area contributed by atoms with Crippen LogP contribution in [0.15, 0.2) is 24.5 Å². The topological polar surface area (TPSA) is 45.2 Å². The average Bonchev–Trinajstić information content (AvgIpc) is 2.40. The fraction of sp³-hybridized carbons (Fsp3) is 0.571. The highest BCUT2D eigenvalue weighted by molar-refractivity contribution is 5.79. The van der Waals surface area contributed by atoms with Crippen molar-refractivity contribution in [1.82, 2.24) is 15.2 Å². The lowest BCUT2D eigenvalue weighted by atomic mass is 9.87. The SMILES string of the molecule is O=C1CN(Cc2ccncc2)[C@@H]2CCCC[C@H]2N1. The van der Waals surface area contributed by atoms with Gasteiger partial charge in [-0.15, -0.1) is 0 Å². The van der Waals surface area contributed by atoms with Crippen molar-refractivity contribution < 1.29 is 4.79 Å². The number of fused-ring (bicyclic) bond motifs is 1. The third-order valence-electron chi connectivity index (χ3n) is 4.03. The molecule has 4 nitrogen and oxygen atoms in total. The van der Waals surface area contributed by atoms with E-state index in [1.807, 2.05) is 24.5 Å². The number of carbonyl (C=O) groups is 1. The minimum absolute atomic E-state index is 0.173. The van der Waals surface area contributed by atoms with Gasteiger partial charge < -0.3 is 5.32 Å². The Kier molecular flexibility index (Phi) is 3.28. The lowest BCUT2D eigenvalue weighted by Gasteiger charge is -2.44. The summed E-state index contributed by atoms with van der Waals surface area (Å²) >= 11 is 0. The first-order valence-corrected chi connectivity index (χ1v) is 6.75. The largest absolute Gasteiger partial charge is 0.351 e. The quantitative estimate of drug-likeness (QED) is 0.855. The molecule has 1 aromatic rings. The van der Waals surface area contributed by atoms with E-state index in [1.165, 1.54) is 24.8 Å². The highest BCUT2D eigenvalue weighted by Gasteiger charge is 2.35. The molecule has 2 atom stereocenters. The van der Waals surface area contributed by atoms with Crippen LogP contribution in [-0.4, -0.2) is 34.4 Å². The lowest BCUT2D eigenvalue weighted by molar-refractivity contribution is -0.128. The van der Waals surface area contributed by atoms with Gasteiger partial charge in [0.2, 0.25) is 5.91 Å². The van der Waals surface area contributed by atoms with Gasteiger partial charge in [-0.05, 0) is 30.5 Å². The van der Waals surface area contributed by atoms with E-state index in [9.17, 15) is 4.79 Å². The van der Waals surface area contributed by atoms with E-state index in [4.69, 9.17) is 0 Å². The molecule has 0 aromatic carbocycles. The van der Waals surface area contributed by atoms with Gasteiger partial charge in [0.1, 0.15) is 0 Å². The van der Waals surface area contributed by atoms with Crippen molar-refractivity contribution in [1.29, 1.82) is 0 Å². The summed E-state index contributed by atoms with van der Waals surface area (Å²) in [7, 11) is 0. The van der Waals surface area contributed by atoms with Gasteiger partial charge in [0.05, 0.1) is 6.54 Å². The average molecular weight is 245 g/mol. The van der Waals surface area contributed by atoms with E-state index in [-0.39, 0.29) is 5.91 Å². The fourth-order valence-corrected chi connectivity index (χ4v) is 3.17. The van der Waals surface area contributed by atoms with Crippen molar-refractivity contribution in [2.75, 3.05) is 6.54 Å². The fourth-order valence-electron chi connectivity index (χ4n) is 3.17. The molecule has 4 heteroatoms. The van der Waals surface area contributed by atoms with Gasteiger partial charge in [-0.25, -0.2) is 0 Å². The molecule has 0 bridgehead atoms. The molecular weight excluding hydrogens is 226 g/mol. The van der Waals surface area contributed by atoms with E-state index in [0.717, 1.165) is 13.0 Å². The second kappa shape index (κ2) is 5.06. The van der Waals surface area contributed by atoms with Crippen LogP contribution in [0.2, 0.25) is 0 Å². The predicted octanol–water partition coefficient (Wildman–Crippen LogP) is 1.32. The minimum Gasteiger partial charge on any atom is -0.351 e. The molecule has 0 spiro atoms. The lowest BCUT2D eigenvalue weighted by Crippen LogP contribution is -2.61. The van der Waals surface area contributed by atoms with E-state index >= 15 is 0 Å². The Balaban J connectivity index is 1.74. The van der Waals surface area contributed by atoms with Crippen LogP contribution in [0, 0.1) is 0 Å². The molecule has 1 aliphatic carbocycles. The smallest absolute Gasteiger partial charge is 0.234 e. The molecule has 0 radical (unpaired) electrons. The third-order valence-corrected chi connectivity index (χ3v) is 4.03. The van der Waals surface area contributed by atoms with Crippen molar-refractivity contribution in [2.45, 2.75) is 44.3 Å². The zero-order valence-corrected chi connectivity index (χ0v) is 10.5. The molecule has 18 heavy (non-hydrogen) atoms. The van der Waals surface area contributed by atoms with Gasteiger partial charge in [-0.3, -0.25) is 14.7 Å². The molecule has 2 aliphatic rings. The summed E-state index contributed by atoms with van der Waals surface area (Å²) in [4.78, 5) is 18.1. The van der Waals surface area contributed by atoms with E-state index in [1.54, 1.807) is 0 Å². The van der Waals surface area contributed by atoms with E-state index in [0.29, 0.717) is 18.6 Å². The van der Waals surface area contributed by atoms with Crippen molar-refractivity contribution in [3.63, 3.8) is 0 Å². The molecule has 0 unspecified atom stereocenters. The number of hydrogen-bond acceptors (Lipinski definition) is 3. The normalized spacial score (nSPS) is 28.6. The number of nitrogens with zero attached hydrogens (tertiary/aromatic N) is 2. The van der Waals surface area contributed by atoms with Crippen LogP contribution in [0.3, 0.4) is 0 Å². The van der Waals surface area contributed by atoms with Gasteiger partial charge in [-0.2, -0.15) is 0 Å². The van der Waals surface area contributed by atoms with Crippen molar-refractivity contribution >= 4 is 5.91 Å². The first-order valence-electron chi connectivity index (χ1n) is 6.75. The number of pyridine rings is 1. The van der Waals surface area contributed by atoms with Crippen molar-refractivity contribution in [3.8, 4) is 0 Å². The standard InChI is InChI=1S/C14H19N3O/c18-14-10-17(9-11-5-7-15-8-6-11)13-4-2-1-3-12(13)16-14/h5-8,12-13H,1-4,9-10H2,(H,16,18)/t12-,13-/m1/s1. The highest BCUT2D eigenvalue weighted by atomic mass is 16.2. The van der Waals surface area contributed by atoms with Crippen LogP contribution in [0.4, 0.5) is 0 Å². The van der Waals surface area contributed by atoms with Crippen LogP contribution in [0.5, 0.6) is 0 Å². The van der Waals surface area contributed by atoms with Crippen LogP contribution >= 0.6 is 0 Å². The Labute approximate surface area is 107 Å². The zero-order valence-electron chi connectivity index (χ0n) is 10.5. The molecule has 1 aromatic heterocycles. The van der Waals surface area contributed by atoms with Crippen LogP contribution in [0.1, 0.15) is 31.2 Å². The maximum Gasteiger partial charge on any atom is 0.234 e.